The normalized spacial score (nSPS) is 12.2. The third-order valence-corrected chi connectivity index (χ3v) is 9.69. The van der Waals surface area contributed by atoms with E-state index in [1.54, 1.807) is 0 Å². The average Bonchev–Trinajstić information content (AvgIpc) is 2.98. The van der Waals surface area contributed by atoms with Crippen molar-refractivity contribution < 1.29 is 14.6 Å². The molecular formula is C43H78O3. The van der Waals surface area contributed by atoms with Gasteiger partial charge in [0.15, 0.2) is 0 Å². The van der Waals surface area contributed by atoms with E-state index in [0.29, 0.717) is 12.2 Å². The summed E-state index contributed by atoms with van der Waals surface area (Å²) in [4.78, 5) is 12.9. The van der Waals surface area contributed by atoms with E-state index in [1.165, 1.54) is 128 Å². The summed E-state index contributed by atoms with van der Waals surface area (Å²) in [7, 11) is 0. The van der Waals surface area contributed by atoms with Gasteiger partial charge in [-0.15, -0.1) is 0 Å². The lowest BCUT2D eigenvalue weighted by Gasteiger charge is -2.34. The number of rotatable bonds is 26. The molecule has 0 saturated heterocycles. The number of unbranched alkanes of at least 4 members (excludes halogenated alkanes) is 20. The van der Waals surface area contributed by atoms with Crippen molar-refractivity contribution in [1.82, 2.24) is 0 Å². The van der Waals surface area contributed by atoms with Crippen LogP contribution in [-0.4, -0.2) is 11.1 Å². The largest absolute Gasteiger partial charge is 0.507 e. The van der Waals surface area contributed by atoms with Gasteiger partial charge in [-0.3, -0.25) is 4.79 Å². The molecule has 0 fully saturated rings. The summed E-state index contributed by atoms with van der Waals surface area (Å²) in [6.45, 7) is 19.6. The maximum absolute atomic E-state index is 12.9. The number of hydrogen-bond acceptors (Lipinski definition) is 3. The molecule has 0 bridgehead atoms. The molecule has 1 aromatic carbocycles. The van der Waals surface area contributed by atoms with Crippen LogP contribution in [0.5, 0.6) is 11.5 Å². The molecule has 0 aliphatic carbocycles. The minimum absolute atomic E-state index is 0.175. The predicted molar refractivity (Wildman–Crippen MR) is 202 cm³/mol. The Morgan fingerprint density at radius 3 is 1.04 bits per heavy atom. The molecule has 0 radical (unpaired) electrons. The number of esters is 1. The zero-order valence-corrected chi connectivity index (χ0v) is 32.4. The molecule has 0 heterocycles. The number of aromatic hydroxyl groups is 1. The lowest BCUT2D eigenvalue weighted by molar-refractivity contribution is -0.134. The van der Waals surface area contributed by atoms with Gasteiger partial charge in [-0.25, -0.2) is 0 Å². The van der Waals surface area contributed by atoms with Gasteiger partial charge < -0.3 is 9.84 Å². The molecule has 3 nitrogen and oxygen atoms in total. The molecule has 46 heavy (non-hydrogen) atoms. The molecule has 1 aromatic rings. The number of benzene rings is 1. The van der Waals surface area contributed by atoms with E-state index in [9.17, 15) is 9.90 Å². The number of phenolic OH excluding ortho intramolecular Hbond substituents is 1. The highest BCUT2D eigenvalue weighted by Gasteiger charge is 2.35. The highest BCUT2D eigenvalue weighted by molar-refractivity contribution is 5.75. The van der Waals surface area contributed by atoms with Gasteiger partial charge in [-0.05, 0) is 36.5 Å². The summed E-state index contributed by atoms with van der Waals surface area (Å²) >= 11 is 0. The van der Waals surface area contributed by atoms with Crippen molar-refractivity contribution in [3.05, 3.63) is 22.3 Å². The Labute approximate surface area is 287 Å². The van der Waals surface area contributed by atoms with Crippen molar-refractivity contribution in [3.8, 4) is 11.5 Å². The first-order chi connectivity index (χ1) is 21.9. The van der Waals surface area contributed by atoms with Crippen LogP contribution in [0.15, 0.2) is 0 Å². The molecule has 0 aromatic heterocycles. The van der Waals surface area contributed by atoms with Crippen LogP contribution in [0, 0.1) is 0 Å². The Bertz CT molecular complexity index is 881. The monoisotopic (exact) mass is 643 g/mol. The molecule has 0 amide bonds. The van der Waals surface area contributed by atoms with Gasteiger partial charge in [0.05, 0.1) is 0 Å². The van der Waals surface area contributed by atoms with E-state index in [0.717, 1.165) is 53.7 Å². The zero-order chi connectivity index (χ0) is 34.4. The molecule has 268 valence electrons. The second-order valence-corrected chi connectivity index (χ2v) is 16.3. The summed E-state index contributed by atoms with van der Waals surface area (Å²) in [6, 6.07) is 0. The van der Waals surface area contributed by atoms with E-state index in [2.05, 4.69) is 55.4 Å². The molecule has 3 heteroatoms. The predicted octanol–water partition coefficient (Wildman–Crippen LogP) is 14.0. The fourth-order valence-corrected chi connectivity index (χ4v) is 7.15. The summed E-state index contributed by atoms with van der Waals surface area (Å²) in [6.07, 6.45) is 30.7. The van der Waals surface area contributed by atoms with E-state index >= 15 is 0 Å². The Hall–Kier alpha value is -1.51. The van der Waals surface area contributed by atoms with Crippen LogP contribution in [0.4, 0.5) is 0 Å². The molecule has 0 spiro atoms. The number of phenols is 1. The Morgan fingerprint density at radius 2 is 0.783 bits per heavy atom. The van der Waals surface area contributed by atoms with Crippen molar-refractivity contribution in [2.24, 2.45) is 0 Å². The van der Waals surface area contributed by atoms with E-state index in [4.69, 9.17) is 4.74 Å². The number of ether oxygens (including phenoxy) is 1. The number of carbonyl (C=O) groups is 1. The van der Waals surface area contributed by atoms with Crippen molar-refractivity contribution in [2.45, 2.75) is 234 Å². The van der Waals surface area contributed by atoms with Crippen LogP contribution in [-0.2, 0) is 28.5 Å². The van der Waals surface area contributed by atoms with E-state index < -0.39 is 0 Å². The Morgan fingerprint density at radius 1 is 0.500 bits per heavy atom. The molecular weight excluding hydrogens is 564 g/mol. The van der Waals surface area contributed by atoms with Crippen LogP contribution in [0.1, 0.15) is 232 Å². The van der Waals surface area contributed by atoms with Gasteiger partial charge in [0.2, 0.25) is 0 Å². The molecule has 0 saturated carbocycles. The fraction of sp³-hybridized carbons (Fsp3) is 0.837. The molecule has 1 N–H and O–H groups in total. The number of hydrogen-bond donors (Lipinski definition) is 1. The van der Waals surface area contributed by atoms with Crippen molar-refractivity contribution in [2.75, 3.05) is 0 Å². The first-order valence-electron chi connectivity index (χ1n) is 20.0. The zero-order valence-electron chi connectivity index (χ0n) is 32.4. The van der Waals surface area contributed by atoms with Gasteiger partial charge >= 0.3 is 5.97 Å². The van der Waals surface area contributed by atoms with Gasteiger partial charge in [0.1, 0.15) is 11.5 Å². The third-order valence-electron chi connectivity index (χ3n) is 9.69. The highest BCUT2D eigenvalue weighted by atomic mass is 16.5. The van der Waals surface area contributed by atoms with E-state index in [-0.39, 0.29) is 16.8 Å². The maximum Gasteiger partial charge on any atom is 0.310 e. The van der Waals surface area contributed by atoms with Crippen LogP contribution in [0.25, 0.3) is 0 Å². The Balaban J connectivity index is 3.09. The van der Waals surface area contributed by atoms with Gasteiger partial charge in [0.25, 0.3) is 0 Å². The molecule has 0 unspecified atom stereocenters. The van der Waals surface area contributed by atoms with Crippen LogP contribution < -0.4 is 4.74 Å². The topological polar surface area (TPSA) is 46.5 Å². The first kappa shape index (κ1) is 42.5. The van der Waals surface area contributed by atoms with Crippen molar-refractivity contribution in [1.29, 1.82) is 0 Å². The highest BCUT2D eigenvalue weighted by Crippen LogP contribution is 2.49. The average molecular weight is 643 g/mol. The summed E-state index contributed by atoms with van der Waals surface area (Å²) in [5, 5.41) is 12.1. The maximum atomic E-state index is 12.9. The molecule has 0 aliphatic heterocycles. The van der Waals surface area contributed by atoms with Gasteiger partial charge in [-0.2, -0.15) is 0 Å². The summed E-state index contributed by atoms with van der Waals surface area (Å²) < 4.78 is 6.30. The number of carbonyl (C=O) groups excluding carboxylic acids is 1. The second-order valence-electron chi connectivity index (χ2n) is 16.3. The van der Waals surface area contributed by atoms with Crippen molar-refractivity contribution in [3.63, 3.8) is 0 Å². The van der Waals surface area contributed by atoms with Crippen LogP contribution in [0.2, 0.25) is 0 Å². The summed E-state index contributed by atoms with van der Waals surface area (Å²) in [5.41, 5.74) is 3.58. The van der Waals surface area contributed by atoms with Gasteiger partial charge in [-0.1, -0.05) is 191 Å². The third kappa shape index (κ3) is 16.5. The smallest absolute Gasteiger partial charge is 0.310 e. The first-order valence-corrected chi connectivity index (χ1v) is 20.0. The lowest BCUT2D eigenvalue weighted by Crippen LogP contribution is -2.24. The SMILES string of the molecule is CCCCCCCCCCCCCc1c(OC(=O)CC)c(CCCCCCCCCCCCC)c(C(C)(C)C)c(O)c1C(C)(C)C. The molecule has 0 aliphatic rings. The minimum atomic E-state index is -0.264. The standard InChI is InChI=1S/C43H78O3/c1-10-13-15-17-19-21-23-25-27-29-31-33-35-38(42(4,5)6)40(45)39(43(7,8)9)36(41(35)46-37(44)12-3)34-32-30-28-26-24-22-20-18-16-14-11-2/h45H,10-34H2,1-9H3. The Kier molecular flexibility index (Phi) is 22.0. The van der Waals surface area contributed by atoms with Crippen LogP contribution >= 0.6 is 0 Å². The van der Waals surface area contributed by atoms with Crippen LogP contribution in [0.3, 0.4) is 0 Å². The fourth-order valence-electron chi connectivity index (χ4n) is 7.15. The molecule has 1 rings (SSSR count). The second kappa shape index (κ2) is 23.8. The van der Waals surface area contributed by atoms with Gasteiger partial charge in [0, 0.05) is 28.7 Å². The van der Waals surface area contributed by atoms with E-state index in [1.807, 2.05) is 6.92 Å². The quantitative estimate of drug-likeness (QED) is 0.0621. The lowest BCUT2D eigenvalue weighted by atomic mass is 9.73. The molecule has 0 atom stereocenters. The summed E-state index contributed by atoms with van der Waals surface area (Å²) in [5.74, 6) is 1.04. The van der Waals surface area contributed by atoms with Crippen molar-refractivity contribution >= 4 is 5.97 Å². The minimum Gasteiger partial charge on any atom is -0.507 e.